The smallest absolute Gasteiger partial charge is 0.244 e. The minimum Gasteiger partial charge on any atom is -0.379 e. The first-order valence-electron chi connectivity index (χ1n) is 8.80. The normalized spacial score (nSPS) is 16.5. The average molecular weight is 354 g/mol. The lowest BCUT2D eigenvalue weighted by molar-refractivity contribution is -0.117. The van der Waals surface area contributed by atoms with Gasteiger partial charge in [-0.25, -0.2) is 4.39 Å². The third kappa shape index (κ3) is 5.51. The van der Waals surface area contributed by atoms with Gasteiger partial charge in [-0.05, 0) is 29.3 Å². The van der Waals surface area contributed by atoms with Crippen molar-refractivity contribution in [2.45, 2.75) is 6.04 Å². The Morgan fingerprint density at radius 3 is 2.65 bits per heavy atom. The molecule has 1 N–H and O–H groups in total. The van der Waals surface area contributed by atoms with Crippen LogP contribution >= 0.6 is 0 Å². The van der Waals surface area contributed by atoms with Crippen molar-refractivity contribution in [1.29, 1.82) is 0 Å². The highest BCUT2D eigenvalue weighted by Crippen LogP contribution is 2.15. The highest BCUT2D eigenvalue weighted by Gasteiger charge is 2.19. The minimum absolute atomic E-state index is 0.112. The van der Waals surface area contributed by atoms with E-state index in [2.05, 4.69) is 10.2 Å². The molecule has 1 aliphatic rings. The van der Waals surface area contributed by atoms with E-state index in [1.165, 1.54) is 18.2 Å². The number of halogens is 1. The Kier molecular flexibility index (Phi) is 6.52. The molecule has 0 radical (unpaired) electrons. The predicted octanol–water partition coefficient (Wildman–Crippen LogP) is 3.03. The van der Waals surface area contributed by atoms with Crippen LogP contribution in [0.2, 0.25) is 0 Å². The molecule has 4 nitrogen and oxygen atoms in total. The second-order valence-corrected chi connectivity index (χ2v) is 6.27. The van der Waals surface area contributed by atoms with Gasteiger partial charge in [-0.3, -0.25) is 9.69 Å². The fourth-order valence-corrected chi connectivity index (χ4v) is 2.96. The maximum atomic E-state index is 13.2. The quantitative estimate of drug-likeness (QED) is 0.811. The molecule has 1 aliphatic heterocycles. The first-order chi connectivity index (χ1) is 12.7. The zero-order valence-corrected chi connectivity index (χ0v) is 14.6. The van der Waals surface area contributed by atoms with E-state index in [9.17, 15) is 9.18 Å². The number of nitrogens with one attached hydrogen (secondary N) is 1. The Balaban J connectivity index is 1.67. The second-order valence-electron chi connectivity index (χ2n) is 6.27. The molecule has 5 heteroatoms. The maximum Gasteiger partial charge on any atom is 0.244 e. The Hall–Kier alpha value is -2.50. The molecule has 1 atom stereocenters. The number of benzene rings is 2. The summed E-state index contributed by atoms with van der Waals surface area (Å²) in [5.74, 6) is -0.515. The second kappa shape index (κ2) is 9.27. The number of morpholine rings is 1. The molecule has 2 aromatic carbocycles. The third-order valence-electron chi connectivity index (χ3n) is 4.34. The monoisotopic (exact) mass is 354 g/mol. The van der Waals surface area contributed by atoms with E-state index in [1.54, 1.807) is 18.2 Å². The van der Waals surface area contributed by atoms with Gasteiger partial charge in [-0.2, -0.15) is 0 Å². The molecule has 26 heavy (non-hydrogen) atoms. The number of hydrogen-bond acceptors (Lipinski definition) is 3. The molecule has 0 aliphatic carbocycles. The molecule has 0 saturated carbocycles. The lowest BCUT2D eigenvalue weighted by Crippen LogP contribution is -2.42. The number of ether oxygens (including phenoxy) is 1. The molecule has 3 rings (SSSR count). The van der Waals surface area contributed by atoms with Crippen molar-refractivity contribution in [3.8, 4) is 0 Å². The number of hydrogen-bond donors (Lipinski definition) is 1. The van der Waals surface area contributed by atoms with Gasteiger partial charge in [0.25, 0.3) is 0 Å². The molecule has 1 fully saturated rings. The SMILES string of the molecule is O=C(/C=C/c1cccc(F)c1)N[C@@H](CN1CCOCC1)c1ccccc1. The van der Waals surface area contributed by atoms with Crippen molar-refractivity contribution < 1.29 is 13.9 Å². The van der Waals surface area contributed by atoms with Crippen LogP contribution in [0, 0.1) is 5.82 Å². The van der Waals surface area contributed by atoms with E-state index in [0.29, 0.717) is 5.56 Å². The van der Waals surface area contributed by atoms with Crippen molar-refractivity contribution in [2.75, 3.05) is 32.8 Å². The summed E-state index contributed by atoms with van der Waals surface area (Å²) in [5, 5.41) is 3.06. The average Bonchev–Trinajstić information content (AvgIpc) is 2.67. The predicted molar refractivity (Wildman–Crippen MR) is 100 cm³/mol. The summed E-state index contributed by atoms with van der Waals surface area (Å²) >= 11 is 0. The van der Waals surface area contributed by atoms with Gasteiger partial charge in [-0.15, -0.1) is 0 Å². The number of carbonyl (C=O) groups excluding carboxylic acids is 1. The summed E-state index contributed by atoms with van der Waals surface area (Å²) in [7, 11) is 0. The van der Waals surface area contributed by atoms with Gasteiger partial charge < -0.3 is 10.1 Å². The first-order valence-corrected chi connectivity index (χ1v) is 8.80. The summed E-state index contributed by atoms with van der Waals surface area (Å²) < 4.78 is 18.6. The molecular weight excluding hydrogens is 331 g/mol. The third-order valence-corrected chi connectivity index (χ3v) is 4.34. The molecule has 0 unspecified atom stereocenters. The fourth-order valence-electron chi connectivity index (χ4n) is 2.96. The summed E-state index contributed by atoms with van der Waals surface area (Å²) in [6.45, 7) is 3.88. The van der Waals surface area contributed by atoms with Crippen LogP contribution < -0.4 is 5.32 Å². The van der Waals surface area contributed by atoms with Crippen molar-refractivity contribution in [2.24, 2.45) is 0 Å². The van der Waals surface area contributed by atoms with Crippen LogP contribution in [0.4, 0.5) is 4.39 Å². The topological polar surface area (TPSA) is 41.6 Å². The van der Waals surface area contributed by atoms with Crippen LogP contribution in [-0.4, -0.2) is 43.7 Å². The molecule has 0 aromatic heterocycles. The van der Waals surface area contributed by atoms with Gasteiger partial charge >= 0.3 is 0 Å². The lowest BCUT2D eigenvalue weighted by Gasteiger charge is -2.31. The molecule has 0 bridgehead atoms. The zero-order valence-electron chi connectivity index (χ0n) is 14.6. The summed E-state index contributed by atoms with van der Waals surface area (Å²) in [5.41, 5.74) is 1.72. The highest BCUT2D eigenvalue weighted by molar-refractivity contribution is 5.92. The molecule has 1 heterocycles. The molecule has 2 aromatic rings. The van der Waals surface area contributed by atoms with Crippen molar-refractivity contribution in [1.82, 2.24) is 10.2 Å². The van der Waals surface area contributed by atoms with Crippen LogP contribution in [0.15, 0.2) is 60.7 Å². The lowest BCUT2D eigenvalue weighted by atomic mass is 10.1. The number of nitrogens with zero attached hydrogens (tertiary/aromatic N) is 1. The van der Waals surface area contributed by atoms with E-state index in [1.807, 2.05) is 30.3 Å². The van der Waals surface area contributed by atoms with Crippen LogP contribution in [-0.2, 0) is 9.53 Å². The van der Waals surface area contributed by atoms with E-state index >= 15 is 0 Å². The van der Waals surface area contributed by atoms with Crippen molar-refractivity contribution in [3.05, 3.63) is 77.6 Å². The summed E-state index contributed by atoms with van der Waals surface area (Å²) in [6.07, 6.45) is 3.07. The maximum absolute atomic E-state index is 13.2. The standard InChI is InChI=1S/C21H23FN2O2/c22-19-8-4-5-17(15-19)9-10-21(25)23-20(18-6-2-1-3-7-18)16-24-11-13-26-14-12-24/h1-10,15,20H,11-14,16H2,(H,23,25)/b10-9+/t20-/m0/s1. The van der Waals surface area contributed by atoms with Crippen molar-refractivity contribution in [3.63, 3.8) is 0 Å². The molecule has 136 valence electrons. The number of carbonyl (C=O) groups is 1. The van der Waals surface area contributed by atoms with E-state index in [0.717, 1.165) is 38.4 Å². The molecule has 1 saturated heterocycles. The molecule has 1 amide bonds. The van der Waals surface area contributed by atoms with Gasteiger partial charge in [0.1, 0.15) is 5.82 Å². The zero-order chi connectivity index (χ0) is 18.2. The Morgan fingerprint density at radius 1 is 1.15 bits per heavy atom. The van der Waals surface area contributed by atoms with Gasteiger partial charge in [0.2, 0.25) is 5.91 Å². The van der Waals surface area contributed by atoms with Crippen molar-refractivity contribution >= 4 is 12.0 Å². The number of amides is 1. The Morgan fingerprint density at radius 2 is 1.92 bits per heavy atom. The Bertz CT molecular complexity index is 743. The van der Waals surface area contributed by atoms with Crippen LogP contribution in [0.5, 0.6) is 0 Å². The van der Waals surface area contributed by atoms with Crippen LogP contribution in [0.3, 0.4) is 0 Å². The summed E-state index contributed by atoms with van der Waals surface area (Å²) in [6, 6.07) is 16.0. The molecule has 0 spiro atoms. The van der Waals surface area contributed by atoms with Gasteiger partial charge in [0, 0.05) is 25.7 Å². The van der Waals surface area contributed by atoms with E-state index in [4.69, 9.17) is 4.74 Å². The fraction of sp³-hybridized carbons (Fsp3) is 0.286. The van der Waals surface area contributed by atoms with E-state index in [-0.39, 0.29) is 17.8 Å². The van der Waals surface area contributed by atoms with Gasteiger partial charge in [0.05, 0.1) is 19.3 Å². The Labute approximate surface area is 153 Å². The highest BCUT2D eigenvalue weighted by atomic mass is 19.1. The first kappa shape index (κ1) is 18.3. The largest absolute Gasteiger partial charge is 0.379 e. The van der Waals surface area contributed by atoms with Crippen LogP contribution in [0.1, 0.15) is 17.2 Å². The number of rotatable bonds is 6. The van der Waals surface area contributed by atoms with Crippen LogP contribution in [0.25, 0.3) is 6.08 Å². The van der Waals surface area contributed by atoms with Gasteiger partial charge in [0.15, 0.2) is 0 Å². The van der Waals surface area contributed by atoms with Gasteiger partial charge in [-0.1, -0.05) is 42.5 Å². The molecular formula is C21H23FN2O2. The minimum atomic E-state index is -0.318. The van der Waals surface area contributed by atoms with E-state index < -0.39 is 0 Å². The summed E-state index contributed by atoms with van der Waals surface area (Å²) in [4.78, 5) is 14.7.